The summed E-state index contributed by atoms with van der Waals surface area (Å²) in [5.74, 6) is -2.87. The van der Waals surface area contributed by atoms with E-state index >= 15 is 0 Å². The molecule has 2 aliphatic heterocycles. The van der Waals surface area contributed by atoms with Gasteiger partial charge in [-0.1, -0.05) is 5.16 Å². The lowest BCUT2D eigenvalue weighted by Gasteiger charge is -2.63. The van der Waals surface area contributed by atoms with Gasteiger partial charge in [-0.05, 0) is 26.0 Å². The number of amides is 3. The van der Waals surface area contributed by atoms with Gasteiger partial charge in [0.05, 0.1) is 6.26 Å². The number of furan rings is 1. The van der Waals surface area contributed by atoms with Gasteiger partial charge >= 0.3 is 18.0 Å². The number of hydrogen-bond donors (Lipinski definition) is 2. The lowest BCUT2D eigenvalue weighted by atomic mass is 9.79. The van der Waals surface area contributed by atoms with Gasteiger partial charge in [0.1, 0.15) is 29.8 Å². The molecule has 200 valence electrons. The Morgan fingerprint density at radius 2 is 2.00 bits per heavy atom. The summed E-state index contributed by atoms with van der Waals surface area (Å²) >= 11 is 1.21. The van der Waals surface area contributed by atoms with E-state index in [4.69, 9.17) is 29.2 Å². The number of thioether (sulfide) groups is 1. The van der Waals surface area contributed by atoms with E-state index < -0.39 is 46.5 Å². The molecule has 0 bridgehead atoms. The molecular weight excluding hydrogens is 512 g/mol. The fourth-order valence-corrected chi connectivity index (χ4v) is 5.30. The van der Waals surface area contributed by atoms with Gasteiger partial charge in [-0.25, -0.2) is 9.59 Å². The maximum absolute atomic E-state index is 13.5. The van der Waals surface area contributed by atoms with Crippen molar-refractivity contribution in [2.75, 3.05) is 19.5 Å². The first-order valence-corrected chi connectivity index (χ1v) is 11.8. The maximum Gasteiger partial charge on any atom is 0.404 e. The molecule has 3 heterocycles. The quantitative estimate of drug-likeness (QED) is 0.147. The Morgan fingerprint density at radius 1 is 1.30 bits per heavy atom. The number of fused-ring (bicyclic) bond motifs is 1. The van der Waals surface area contributed by atoms with E-state index in [9.17, 15) is 24.0 Å². The van der Waals surface area contributed by atoms with Crippen molar-refractivity contribution in [3.05, 3.63) is 35.4 Å². The molecule has 0 saturated carbocycles. The standard InChI is InChI=1S/C22H26N4O10S/c1-11(27)35-12(2)36-18(29)16-13(9-34-20(23)31)10-37-22(4)21(3,19(30)26(16)22)24-17(28)15(25-32-5)14-7-6-8-33-14/h6-8,12H,9-10H2,1-5H3,(H2,23,31)(H,24,28)/b25-15-/t12?,21-,22?/m1/s1. The minimum absolute atomic E-state index is 0.113. The number of nitrogens with zero attached hydrogens (tertiary/aromatic N) is 2. The molecule has 3 atom stereocenters. The second-order valence-corrected chi connectivity index (χ2v) is 9.61. The van der Waals surface area contributed by atoms with Gasteiger partial charge in [0.15, 0.2) is 5.76 Å². The van der Waals surface area contributed by atoms with Gasteiger partial charge in [-0.3, -0.25) is 19.3 Å². The Hall–Kier alpha value is -4.01. The third-order valence-electron chi connectivity index (χ3n) is 5.77. The number of esters is 2. The summed E-state index contributed by atoms with van der Waals surface area (Å²) in [5, 5.41) is 6.38. The largest absolute Gasteiger partial charge is 0.462 e. The first-order valence-electron chi connectivity index (χ1n) is 10.8. The van der Waals surface area contributed by atoms with Crippen molar-refractivity contribution < 1.29 is 47.4 Å². The molecule has 1 aromatic rings. The SMILES string of the molecule is CO/N=C(\C(=O)N[C@]1(C)C(=O)N2C(C(=O)OC(C)OC(C)=O)=C(COC(N)=O)CSC21C)c1ccco1. The molecule has 0 aliphatic carbocycles. The number of oxime groups is 1. The number of rotatable bonds is 9. The third kappa shape index (κ3) is 5.12. The lowest BCUT2D eigenvalue weighted by Crippen LogP contribution is -2.85. The van der Waals surface area contributed by atoms with Crippen LogP contribution in [0.1, 0.15) is 33.5 Å². The molecule has 3 rings (SSSR count). The zero-order valence-electron chi connectivity index (χ0n) is 20.7. The van der Waals surface area contributed by atoms with E-state index in [-0.39, 0.29) is 35.1 Å². The van der Waals surface area contributed by atoms with Crippen LogP contribution in [0.4, 0.5) is 4.79 Å². The Morgan fingerprint density at radius 3 is 2.57 bits per heavy atom. The number of carbonyl (C=O) groups excluding carboxylic acids is 5. The van der Waals surface area contributed by atoms with Crippen molar-refractivity contribution in [3.8, 4) is 0 Å². The van der Waals surface area contributed by atoms with E-state index in [0.29, 0.717) is 0 Å². The molecule has 1 aromatic heterocycles. The van der Waals surface area contributed by atoms with Crippen molar-refractivity contribution in [2.24, 2.45) is 10.9 Å². The molecule has 37 heavy (non-hydrogen) atoms. The van der Waals surface area contributed by atoms with E-state index in [1.165, 1.54) is 45.0 Å². The summed E-state index contributed by atoms with van der Waals surface area (Å²) in [4.78, 5) is 66.9. The van der Waals surface area contributed by atoms with Gasteiger partial charge in [0.25, 0.3) is 11.8 Å². The second-order valence-electron chi connectivity index (χ2n) is 8.23. The minimum Gasteiger partial charge on any atom is -0.462 e. The van der Waals surface area contributed by atoms with Gasteiger partial charge < -0.3 is 34.5 Å². The van der Waals surface area contributed by atoms with Crippen molar-refractivity contribution in [3.63, 3.8) is 0 Å². The molecule has 14 nitrogen and oxygen atoms in total. The Labute approximate surface area is 215 Å². The summed E-state index contributed by atoms with van der Waals surface area (Å²) in [7, 11) is 1.25. The third-order valence-corrected chi connectivity index (χ3v) is 7.42. The number of nitrogens with one attached hydrogen (secondary N) is 1. The highest BCUT2D eigenvalue weighted by atomic mass is 32.2. The van der Waals surface area contributed by atoms with Crippen LogP contribution in [0.2, 0.25) is 0 Å². The monoisotopic (exact) mass is 538 g/mol. The first-order chi connectivity index (χ1) is 17.4. The van der Waals surface area contributed by atoms with E-state index in [1.54, 1.807) is 13.0 Å². The Bertz CT molecular complexity index is 1180. The number of β-lactam (4-membered cyclic amide) rings is 1. The van der Waals surface area contributed by atoms with Crippen LogP contribution in [-0.2, 0) is 38.2 Å². The summed E-state index contributed by atoms with van der Waals surface area (Å²) in [6.45, 7) is 5.22. The molecule has 0 radical (unpaired) electrons. The molecule has 3 amide bonds. The average molecular weight is 539 g/mol. The highest BCUT2D eigenvalue weighted by Crippen LogP contribution is 2.55. The zero-order chi connectivity index (χ0) is 27.5. The van der Waals surface area contributed by atoms with Gasteiger partial charge in [0, 0.05) is 25.2 Å². The molecule has 0 aromatic carbocycles. The van der Waals surface area contributed by atoms with Crippen LogP contribution in [0, 0.1) is 0 Å². The van der Waals surface area contributed by atoms with Crippen LogP contribution in [-0.4, -0.2) is 76.6 Å². The topological polar surface area (TPSA) is 189 Å². The highest BCUT2D eigenvalue weighted by Gasteiger charge is 2.71. The van der Waals surface area contributed by atoms with Gasteiger partial charge in [-0.2, -0.15) is 0 Å². The van der Waals surface area contributed by atoms with Gasteiger partial charge in [-0.15, -0.1) is 11.8 Å². The maximum atomic E-state index is 13.5. The van der Waals surface area contributed by atoms with Crippen molar-refractivity contribution in [2.45, 2.75) is 44.4 Å². The van der Waals surface area contributed by atoms with Crippen LogP contribution in [0.3, 0.4) is 0 Å². The summed E-state index contributed by atoms with van der Waals surface area (Å²) in [6, 6.07) is 3.05. The molecule has 15 heteroatoms. The molecule has 1 saturated heterocycles. The van der Waals surface area contributed by atoms with E-state index in [0.717, 1.165) is 11.8 Å². The Kier molecular flexibility index (Phi) is 7.86. The highest BCUT2D eigenvalue weighted by molar-refractivity contribution is 8.01. The average Bonchev–Trinajstić information content (AvgIpc) is 3.34. The molecule has 0 spiro atoms. The number of ether oxygens (including phenoxy) is 3. The number of nitrogens with two attached hydrogens (primary N) is 1. The van der Waals surface area contributed by atoms with Crippen LogP contribution in [0.25, 0.3) is 0 Å². The fraction of sp³-hybridized carbons (Fsp3) is 0.455. The number of primary amides is 1. The molecule has 2 unspecified atom stereocenters. The summed E-state index contributed by atoms with van der Waals surface area (Å²) in [6.07, 6.45) is -0.999. The fourth-order valence-electron chi connectivity index (χ4n) is 3.89. The molecular formula is C22H26N4O10S. The summed E-state index contributed by atoms with van der Waals surface area (Å²) < 4.78 is 20.1. The summed E-state index contributed by atoms with van der Waals surface area (Å²) in [5.41, 5.74) is 3.37. The Balaban J connectivity index is 1.93. The van der Waals surface area contributed by atoms with Crippen LogP contribution in [0.15, 0.2) is 39.2 Å². The predicted octanol–water partition coefficient (Wildman–Crippen LogP) is 0.612. The van der Waals surface area contributed by atoms with Crippen LogP contribution in [0.5, 0.6) is 0 Å². The van der Waals surface area contributed by atoms with Crippen LogP contribution >= 0.6 is 11.8 Å². The molecule has 3 N–H and O–H groups in total. The smallest absolute Gasteiger partial charge is 0.404 e. The second kappa shape index (κ2) is 10.5. The van der Waals surface area contributed by atoms with Crippen molar-refractivity contribution in [1.82, 2.24) is 10.2 Å². The molecule has 2 aliphatic rings. The predicted molar refractivity (Wildman–Crippen MR) is 126 cm³/mol. The van der Waals surface area contributed by atoms with E-state index in [1.807, 2.05) is 0 Å². The molecule has 1 fully saturated rings. The number of carbonyl (C=O) groups is 5. The van der Waals surface area contributed by atoms with Crippen LogP contribution < -0.4 is 11.1 Å². The first kappa shape index (κ1) is 27.6. The van der Waals surface area contributed by atoms with Crippen molar-refractivity contribution in [1.29, 1.82) is 0 Å². The normalized spacial score (nSPS) is 23.9. The van der Waals surface area contributed by atoms with Crippen molar-refractivity contribution >= 4 is 47.3 Å². The van der Waals surface area contributed by atoms with Gasteiger partial charge in [0.2, 0.25) is 12.0 Å². The lowest BCUT2D eigenvalue weighted by molar-refractivity contribution is -0.185. The number of hydrogen-bond acceptors (Lipinski definition) is 12. The minimum atomic E-state index is -1.51. The van der Waals surface area contributed by atoms with E-state index in [2.05, 4.69) is 10.5 Å². The zero-order valence-corrected chi connectivity index (χ0v) is 21.5.